The lowest BCUT2D eigenvalue weighted by molar-refractivity contribution is -0.144. The number of aromatic nitrogens is 3. The first-order chi connectivity index (χ1) is 9.38. The molecule has 0 aliphatic rings. The van der Waals surface area contributed by atoms with E-state index in [2.05, 4.69) is 10.1 Å². The molecule has 0 atom stereocenters. The van der Waals surface area contributed by atoms with Crippen molar-refractivity contribution in [3.05, 3.63) is 35.7 Å². The standard InChI is InChI=1S/C11H10F4N4O/c1-20-8-3-2-7(6(4-16)9(8)12)19-5-17-10(18-19)11(13,14)15/h2-3,5H,4,16H2,1H3. The molecule has 2 aromatic rings. The summed E-state index contributed by atoms with van der Waals surface area (Å²) in [6.45, 7) is -0.223. The van der Waals surface area contributed by atoms with Crippen LogP contribution < -0.4 is 10.5 Å². The van der Waals surface area contributed by atoms with E-state index in [-0.39, 0.29) is 23.5 Å². The third-order valence-corrected chi connectivity index (χ3v) is 2.60. The Morgan fingerprint density at radius 1 is 1.35 bits per heavy atom. The molecule has 1 aromatic carbocycles. The first kappa shape index (κ1) is 14.3. The third-order valence-electron chi connectivity index (χ3n) is 2.60. The molecule has 20 heavy (non-hydrogen) atoms. The number of hydrogen-bond donors (Lipinski definition) is 1. The first-order valence-electron chi connectivity index (χ1n) is 5.43. The number of benzene rings is 1. The quantitative estimate of drug-likeness (QED) is 0.877. The van der Waals surface area contributed by atoms with Gasteiger partial charge >= 0.3 is 6.18 Å². The lowest BCUT2D eigenvalue weighted by Crippen LogP contribution is -2.11. The average molecular weight is 290 g/mol. The summed E-state index contributed by atoms with van der Waals surface area (Å²) in [4.78, 5) is 3.14. The summed E-state index contributed by atoms with van der Waals surface area (Å²) in [5, 5.41) is 3.27. The molecule has 0 fully saturated rings. The maximum absolute atomic E-state index is 14.0. The average Bonchev–Trinajstić information content (AvgIpc) is 2.87. The van der Waals surface area contributed by atoms with E-state index in [0.717, 1.165) is 11.0 Å². The Bertz CT molecular complexity index is 623. The summed E-state index contributed by atoms with van der Waals surface area (Å²) in [6.07, 6.45) is -3.82. The lowest BCUT2D eigenvalue weighted by Gasteiger charge is -2.11. The second-order valence-electron chi connectivity index (χ2n) is 3.79. The largest absolute Gasteiger partial charge is 0.494 e. The van der Waals surface area contributed by atoms with Gasteiger partial charge in [-0.15, -0.1) is 5.10 Å². The molecule has 0 spiro atoms. The van der Waals surface area contributed by atoms with Crippen molar-refractivity contribution in [1.29, 1.82) is 0 Å². The summed E-state index contributed by atoms with van der Waals surface area (Å²) in [5.74, 6) is -2.10. The van der Waals surface area contributed by atoms with Gasteiger partial charge in [0.25, 0.3) is 5.82 Å². The highest BCUT2D eigenvalue weighted by molar-refractivity contribution is 5.46. The van der Waals surface area contributed by atoms with Gasteiger partial charge in [0.1, 0.15) is 6.33 Å². The minimum absolute atomic E-state index is 0.0111. The Kier molecular flexibility index (Phi) is 3.62. The molecule has 1 aromatic heterocycles. The summed E-state index contributed by atoms with van der Waals surface area (Å²) >= 11 is 0. The number of halogens is 4. The van der Waals surface area contributed by atoms with E-state index in [1.165, 1.54) is 19.2 Å². The van der Waals surface area contributed by atoms with Gasteiger partial charge in [-0.3, -0.25) is 0 Å². The van der Waals surface area contributed by atoms with Crippen molar-refractivity contribution in [3.8, 4) is 11.4 Å². The Hall–Kier alpha value is -2.16. The maximum atomic E-state index is 14.0. The fraction of sp³-hybridized carbons (Fsp3) is 0.273. The maximum Gasteiger partial charge on any atom is 0.453 e. The Morgan fingerprint density at radius 3 is 2.55 bits per heavy atom. The molecule has 5 nitrogen and oxygen atoms in total. The molecule has 0 bridgehead atoms. The van der Waals surface area contributed by atoms with Crippen LogP contribution >= 0.6 is 0 Å². The van der Waals surface area contributed by atoms with Gasteiger partial charge in [-0.25, -0.2) is 14.1 Å². The highest BCUT2D eigenvalue weighted by Crippen LogP contribution is 2.28. The van der Waals surface area contributed by atoms with Crippen LogP contribution in [0.5, 0.6) is 5.75 Å². The Morgan fingerprint density at radius 2 is 2.05 bits per heavy atom. The molecule has 0 radical (unpaired) electrons. The van der Waals surface area contributed by atoms with Gasteiger partial charge in [0.05, 0.1) is 12.8 Å². The number of methoxy groups -OCH3 is 1. The smallest absolute Gasteiger partial charge is 0.453 e. The highest BCUT2D eigenvalue weighted by atomic mass is 19.4. The number of rotatable bonds is 3. The summed E-state index contributed by atoms with van der Waals surface area (Å²) < 4.78 is 56.9. The van der Waals surface area contributed by atoms with Gasteiger partial charge in [0.2, 0.25) is 0 Å². The van der Waals surface area contributed by atoms with Crippen LogP contribution in [-0.2, 0) is 12.7 Å². The molecule has 0 saturated carbocycles. The van der Waals surface area contributed by atoms with Crippen molar-refractivity contribution in [2.75, 3.05) is 7.11 Å². The van der Waals surface area contributed by atoms with Crippen molar-refractivity contribution in [2.45, 2.75) is 12.7 Å². The Labute approximate surface area is 111 Å². The molecule has 0 aliphatic heterocycles. The van der Waals surface area contributed by atoms with Crippen LogP contribution in [0.25, 0.3) is 5.69 Å². The summed E-state index contributed by atoms with van der Waals surface area (Å²) in [5.41, 5.74) is 5.49. The molecule has 0 amide bonds. The molecule has 108 valence electrons. The SMILES string of the molecule is COc1ccc(-n2cnc(C(F)(F)F)n2)c(CN)c1F. The van der Waals surface area contributed by atoms with E-state index < -0.39 is 17.8 Å². The number of hydrogen-bond acceptors (Lipinski definition) is 4. The van der Waals surface area contributed by atoms with E-state index in [1.807, 2.05) is 0 Å². The van der Waals surface area contributed by atoms with Gasteiger partial charge in [-0.05, 0) is 12.1 Å². The van der Waals surface area contributed by atoms with Crippen LogP contribution in [0.4, 0.5) is 17.6 Å². The van der Waals surface area contributed by atoms with E-state index in [0.29, 0.717) is 0 Å². The molecule has 1 heterocycles. The van der Waals surface area contributed by atoms with Crippen LogP contribution in [0.15, 0.2) is 18.5 Å². The van der Waals surface area contributed by atoms with E-state index >= 15 is 0 Å². The van der Waals surface area contributed by atoms with Crippen molar-refractivity contribution in [1.82, 2.24) is 14.8 Å². The predicted molar refractivity (Wildman–Crippen MR) is 60.8 cm³/mol. The van der Waals surface area contributed by atoms with E-state index in [4.69, 9.17) is 10.5 Å². The monoisotopic (exact) mass is 290 g/mol. The number of alkyl halides is 3. The van der Waals surface area contributed by atoms with Gasteiger partial charge in [-0.2, -0.15) is 13.2 Å². The normalized spacial score (nSPS) is 11.7. The number of nitrogens with zero attached hydrogens (tertiary/aromatic N) is 3. The zero-order chi connectivity index (χ0) is 14.9. The summed E-state index contributed by atoms with van der Waals surface area (Å²) in [6, 6.07) is 2.64. The minimum atomic E-state index is -4.67. The molecule has 0 unspecified atom stereocenters. The van der Waals surface area contributed by atoms with Crippen molar-refractivity contribution in [3.63, 3.8) is 0 Å². The van der Waals surface area contributed by atoms with Crippen molar-refractivity contribution in [2.24, 2.45) is 5.73 Å². The second kappa shape index (κ2) is 5.08. The van der Waals surface area contributed by atoms with Crippen LogP contribution in [-0.4, -0.2) is 21.9 Å². The highest BCUT2D eigenvalue weighted by Gasteiger charge is 2.36. The lowest BCUT2D eigenvalue weighted by atomic mass is 10.1. The number of ether oxygens (including phenoxy) is 1. The Balaban J connectivity index is 2.53. The third kappa shape index (κ3) is 2.44. The van der Waals surface area contributed by atoms with Crippen LogP contribution in [0.1, 0.15) is 11.4 Å². The van der Waals surface area contributed by atoms with Gasteiger partial charge in [0, 0.05) is 12.1 Å². The zero-order valence-corrected chi connectivity index (χ0v) is 10.3. The van der Waals surface area contributed by atoms with Crippen LogP contribution in [0, 0.1) is 5.82 Å². The molecule has 0 aliphatic carbocycles. The van der Waals surface area contributed by atoms with E-state index in [9.17, 15) is 17.6 Å². The van der Waals surface area contributed by atoms with Crippen LogP contribution in [0.3, 0.4) is 0 Å². The fourth-order valence-corrected chi connectivity index (χ4v) is 1.67. The fourth-order valence-electron chi connectivity index (χ4n) is 1.67. The summed E-state index contributed by atoms with van der Waals surface area (Å²) in [7, 11) is 1.27. The predicted octanol–water partition coefficient (Wildman–Crippen LogP) is 1.89. The molecular formula is C11H10F4N4O. The van der Waals surface area contributed by atoms with Crippen LogP contribution in [0.2, 0.25) is 0 Å². The number of nitrogens with two attached hydrogens (primary N) is 1. The molecule has 2 N–H and O–H groups in total. The van der Waals surface area contributed by atoms with Gasteiger partial charge in [-0.1, -0.05) is 0 Å². The first-order valence-corrected chi connectivity index (χ1v) is 5.43. The van der Waals surface area contributed by atoms with Gasteiger partial charge < -0.3 is 10.5 Å². The van der Waals surface area contributed by atoms with Crippen molar-refractivity contribution < 1.29 is 22.3 Å². The molecule has 2 rings (SSSR count). The van der Waals surface area contributed by atoms with Gasteiger partial charge in [0.15, 0.2) is 11.6 Å². The van der Waals surface area contributed by atoms with Crippen molar-refractivity contribution >= 4 is 0 Å². The molecule has 9 heteroatoms. The molecular weight excluding hydrogens is 280 g/mol. The zero-order valence-electron chi connectivity index (χ0n) is 10.3. The topological polar surface area (TPSA) is 66.0 Å². The molecule has 0 saturated heterocycles. The minimum Gasteiger partial charge on any atom is -0.494 e. The van der Waals surface area contributed by atoms with E-state index in [1.54, 1.807) is 0 Å². The second-order valence-corrected chi connectivity index (χ2v) is 3.79.